The zero-order valence-corrected chi connectivity index (χ0v) is 11.1. The first-order chi connectivity index (χ1) is 10.1. The molecule has 2 heterocycles. The van der Waals surface area contributed by atoms with Crippen LogP contribution in [0.4, 0.5) is 0 Å². The van der Waals surface area contributed by atoms with Crippen LogP contribution in [0.2, 0.25) is 0 Å². The SMILES string of the molecule is NCc1ccc2c(=O)n(C3CCC(=O)NC3=O)nnc2c1. The highest BCUT2D eigenvalue weighted by molar-refractivity contribution is 5.99. The molecule has 1 aromatic carbocycles. The highest BCUT2D eigenvalue weighted by Gasteiger charge is 2.30. The van der Waals surface area contributed by atoms with Gasteiger partial charge in [0.05, 0.1) is 5.39 Å². The molecule has 8 nitrogen and oxygen atoms in total. The lowest BCUT2D eigenvalue weighted by atomic mass is 10.1. The van der Waals surface area contributed by atoms with Gasteiger partial charge in [-0.1, -0.05) is 11.3 Å². The number of rotatable bonds is 2. The summed E-state index contributed by atoms with van der Waals surface area (Å²) in [7, 11) is 0. The number of amides is 2. The minimum Gasteiger partial charge on any atom is -0.326 e. The van der Waals surface area contributed by atoms with Gasteiger partial charge in [0.15, 0.2) is 0 Å². The van der Waals surface area contributed by atoms with Crippen molar-refractivity contribution in [3.8, 4) is 0 Å². The first-order valence-electron chi connectivity index (χ1n) is 6.52. The third kappa shape index (κ3) is 2.29. The second-order valence-corrected chi connectivity index (χ2v) is 4.86. The summed E-state index contributed by atoms with van der Waals surface area (Å²) in [6.45, 7) is 0.341. The molecule has 3 rings (SSSR count). The van der Waals surface area contributed by atoms with E-state index in [0.717, 1.165) is 10.2 Å². The second kappa shape index (κ2) is 5.06. The van der Waals surface area contributed by atoms with Crippen molar-refractivity contribution in [1.29, 1.82) is 0 Å². The fraction of sp³-hybridized carbons (Fsp3) is 0.308. The van der Waals surface area contributed by atoms with E-state index in [1.54, 1.807) is 18.2 Å². The van der Waals surface area contributed by atoms with Gasteiger partial charge in [-0.2, -0.15) is 4.68 Å². The molecule has 8 heteroatoms. The number of hydrogen-bond acceptors (Lipinski definition) is 6. The lowest BCUT2D eigenvalue weighted by Crippen LogP contribution is -2.45. The molecule has 1 aliphatic heterocycles. The highest BCUT2D eigenvalue weighted by Crippen LogP contribution is 2.16. The van der Waals surface area contributed by atoms with E-state index in [4.69, 9.17) is 5.73 Å². The maximum Gasteiger partial charge on any atom is 0.278 e. The van der Waals surface area contributed by atoms with Crippen molar-refractivity contribution in [3.63, 3.8) is 0 Å². The summed E-state index contributed by atoms with van der Waals surface area (Å²) in [4.78, 5) is 35.4. The maximum atomic E-state index is 12.4. The number of hydrogen-bond donors (Lipinski definition) is 2. The number of piperidine rings is 1. The molecule has 2 aromatic rings. The van der Waals surface area contributed by atoms with E-state index in [1.807, 2.05) is 0 Å². The number of benzene rings is 1. The summed E-state index contributed by atoms with van der Waals surface area (Å²) >= 11 is 0. The Kier molecular flexibility index (Phi) is 3.22. The molecule has 1 saturated heterocycles. The fourth-order valence-electron chi connectivity index (χ4n) is 2.35. The Balaban J connectivity index is 2.08. The molecule has 0 radical (unpaired) electrons. The van der Waals surface area contributed by atoms with Gasteiger partial charge in [0.1, 0.15) is 11.6 Å². The van der Waals surface area contributed by atoms with Crippen molar-refractivity contribution < 1.29 is 9.59 Å². The quantitative estimate of drug-likeness (QED) is 0.700. The number of nitrogens with zero attached hydrogens (tertiary/aromatic N) is 3. The number of fused-ring (bicyclic) bond motifs is 1. The van der Waals surface area contributed by atoms with Crippen LogP contribution in [0, 0.1) is 0 Å². The van der Waals surface area contributed by atoms with Gasteiger partial charge in [-0.15, -0.1) is 5.10 Å². The first-order valence-corrected chi connectivity index (χ1v) is 6.52. The van der Waals surface area contributed by atoms with E-state index in [1.165, 1.54) is 0 Å². The minimum atomic E-state index is -0.804. The molecule has 0 bridgehead atoms. The molecule has 1 aliphatic rings. The Bertz CT molecular complexity index is 798. The van der Waals surface area contributed by atoms with Crippen LogP contribution in [-0.4, -0.2) is 26.8 Å². The Morgan fingerprint density at radius 3 is 2.86 bits per heavy atom. The van der Waals surface area contributed by atoms with E-state index < -0.39 is 17.5 Å². The van der Waals surface area contributed by atoms with Crippen LogP contribution in [0.1, 0.15) is 24.4 Å². The van der Waals surface area contributed by atoms with Crippen molar-refractivity contribution in [3.05, 3.63) is 34.1 Å². The lowest BCUT2D eigenvalue weighted by molar-refractivity contribution is -0.136. The Morgan fingerprint density at radius 2 is 2.14 bits per heavy atom. The summed E-state index contributed by atoms with van der Waals surface area (Å²) in [6.07, 6.45) is 0.417. The van der Waals surface area contributed by atoms with Crippen LogP contribution in [0.25, 0.3) is 10.9 Å². The molecule has 108 valence electrons. The topological polar surface area (TPSA) is 120 Å². The molecular formula is C13H13N5O3. The smallest absolute Gasteiger partial charge is 0.278 e. The molecule has 0 saturated carbocycles. The standard InChI is InChI=1S/C13H13N5O3/c14-6-7-1-2-8-9(5-7)16-17-18(13(8)21)10-3-4-11(19)15-12(10)20/h1-2,5,10H,3-4,6,14H2,(H,15,19,20). The Morgan fingerprint density at radius 1 is 1.33 bits per heavy atom. The normalized spacial score (nSPS) is 18.8. The highest BCUT2D eigenvalue weighted by atomic mass is 16.2. The van der Waals surface area contributed by atoms with Gasteiger partial charge < -0.3 is 5.73 Å². The number of carbonyl (C=O) groups is 2. The average Bonchev–Trinajstić information content (AvgIpc) is 2.48. The third-order valence-electron chi connectivity index (χ3n) is 3.49. The number of carbonyl (C=O) groups excluding carboxylic acids is 2. The van der Waals surface area contributed by atoms with E-state index >= 15 is 0 Å². The van der Waals surface area contributed by atoms with Gasteiger partial charge in [0, 0.05) is 13.0 Å². The van der Waals surface area contributed by atoms with Crippen LogP contribution in [0.5, 0.6) is 0 Å². The van der Waals surface area contributed by atoms with Crippen LogP contribution in [0.3, 0.4) is 0 Å². The number of nitrogens with two attached hydrogens (primary N) is 1. The molecule has 21 heavy (non-hydrogen) atoms. The van der Waals surface area contributed by atoms with Crippen molar-refractivity contribution in [1.82, 2.24) is 20.3 Å². The molecule has 1 unspecified atom stereocenters. The van der Waals surface area contributed by atoms with Crippen LogP contribution >= 0.6 is 0 Å². The summed E-state index contributed by atoms with van der Waals surface area (Å²) in [6, 6.07) is 4.25. The average molecular weight is 287 g/mol. The second-order valence-electron chi connectivity index (χ2n) is 4.86. The van der Waals surface area contributed by atoms with Crippen molar-refractivity contribution in [2.45, 2.75) is 25.4 Å². The minimum absolute atomic E-state index is 0.175. The molecule has 1 fully saturated rings. The van der Waals surface area contributed by atoms with Gasteiger partial charge in [0.2, 0.25) is 5.91 Å². The molecule has 1 aromatic heterocycles. The van der Waals surface area contributed by atoms with E-state index in [0.29, 0.717) is 17.4 Å². The number of aromatic nitrogens is 3. The van der Waals surface area contributed by atoms with E-state index in [-0.39, 0.29) is 18.7 Å². The summed E-state index contributed by atoms with van der Waals surface area (Å²) < 4.78 is 1.03. The summed E-state index contributed by atoms with van der Waals surface area (Å²) in [5.41, 5.74) is 6.42. The lowest BCUT2D eigenvalue weighted by Gasteiger charge is -2.21. The van der Waals surface area contributed by atoms with E-state index in [9.17, 15) is 14.4 Å². The number of imide groups is 1. The monoisotopic (exact) mass is 287 g/mol. The third-order valence-corrected chi connectivity index (χ3v) is 3.49. The molecule has 1 atom stereocenters. The zero-order chi connectivity index (χ0) is 15.0. The zero-order valence-electron chi connectivity index (χ0n) is 11.1. The van der Waals surface area contributed by atoms with Crippen molar-refractivity contribution in [2.24, 2.45) is 5.73 Å². The van der Waals surface area contributed by atoms with Crippen LogP contribution < -0.4 is 16.6 Å². The van der Waals surface area contributed by atoms with Gasteiger partial charge in [-0.05, 0) is 24.1 Å². The van der Waals surface area contributed by atoms with Crippen LogP contribution in [0.15, 0.2) is 23.0 Å². The molecular weight excluding hydrogens is 274 g/mol. The van der Waals surface area contributed by atoms with Crippen LogP contribution in [-0.2, 0) is 16.1 Å². The molecule has 0 spiro atoms. The van der Waals surface area contributed by atoms with Gasteiger partial charge in [-0.3, -0.25) is 19.7 Å². The summed E-state index contributed by atoms with van der Waals surface area (Å²) in [5, 5.41) is 10.4. The molecule has 3 N–H and O–H groups in total. The van der Waals surface area contributed by atoms with Crippen molar-refractivity contribution in [2.75, 3.05) is 0 Å². The Labute approximate surface area is 118 Å². The maximum absolute atomic E-state index is 12.4. The first kappa shape index (κ1) is 13.4. The van der Waals surface area contributed by atoms with Gasteiger partial charge in [0.25, 0.3) is 11.5 Å². The Hall–Kier alpha value is -2.61. The van der Waals surface area contributed by atoms with Crippen molar-refractivity contribution >= 4 is 22.7 Å². The number of nitrogens with one attached hydrogen (secondary N) is 1. The predicted molar refractivity (Wildman–Crippen MR) is 73.1 cm³/mol. The predicted octanol–water partition coefficient (Wildman–Crippen LogP) is -0.772. The summed E-state index contributed by atoms with van der Waals surface area (Å²) in [5.74, 6) is -0.869. The van der Waals surface area contributed by atoms with Gasteiger partial charge in [-0.25, -0.2) is 0 Å². The fourth-order valence-corrected chi connectivity index (χ4v) is 2.35. The largest absolute Gasteiger partial charge is 0.326 e. The molecule has 0 aliphatic carbocycles. The van der Waals surface area contributed by atoms with Gasteiger partial charge >= 0.3 is 0 Å². The molecule has 2 amide bonds. The van der Waals surface area contributed by atoms with E-state index in [2.05, 4.69) is 15.6 Å².